The molecular formula is C35H36N2O2. The maximum Gasteiger partial charge on any atom is 0.176 e. The number of para-hydroxylation sites is 1. The van der Waals surface area contributed by atoms with Crippen molar-refractivity contribution in [1.29, 1.82) is 0 Å². The predicted octanol–water partition coefficient (Wildman–Crippen LogP) is 7.35. The Bertz CT molecular complexity index is 1420. The molecule has 6 rings (SSSR count). The van der Waals surface area contributed by atoms with Crippen LogP contribution >= 0.6 is 0 Å². The number of nitrogens with zero attached hydrogens (tertiary/aromatic N) is 2. The molecule has 2 saturated heterocycles. The van der Waals surface area contributed by atoms with Gasteiger partial charge >= 0.3 is 0 Å². The van der Waals surface area contributed by atoms with E-state index < -0.39 is 5.60 Å². The Morgan fingerprint density at radius 2 is 1.33 bits per heavy atom. The van der Waals surface area contributed by atoms with Gasteiger partial charge in [-0.15, -0.1) is 0 Å². The first-order valence-electron chi connectivity index (χ1n) is 13.9. The Kier molecular flexibility index (Phi) is 6.84. The fourth-order valence-corrected chi connectivity index (χ4v) is 6.33. The summed E-state index contributed by atoms with van der Waals surface area (Å²) >= 11 is 0. The Labute approximate surface area is 231 Å². The Hall–Kier alpha value is -3.73. The van der Waals surface area contributed by atoms with Crippen LogP contribution in [0.15, 0.2) is 109 Å². The monoisotopic (exact) mass is 516 g/mol. The van der Waals surface area contributed by atoms with Crippen molar-refractivity contribution in [2.45, 2.75) is 50.8 Å². The van der Waals surface area contributed by atoms with Gasteiger partial charge in [-0.2, -0.15) is 0 Å². The fourth-order valence-electron chi connectivity index (χ4n) is 6.33. The number of Topliss-reactive ketones (excluding diaryl/α,β-unsaturated/α-hetero) is 1. The molecule has 4 heteroatoms. The molecule has 1 spiro atoms. The number of hydrogen-bond donors (Lipinski definition) is 0. The number of hydrogen-bond acceptors (Lipinski definition) is 4. The summed E-state index contributed by atoms with van der Waals surface area (Å²) in [5, 5.41) is 2.02. The molecule has 4 nitrogen and oxygen atoms in total. The van der Waals surface area contributed by atoms with Gasteiger partial charge in [0.1, 0.15) is 0 Å². The minimum atomic E-state index is -1.01. The van der Waals surface area contributed by atoms with Crippen LogP contribution in [0.2, 0.25) is 0 Å². The smallest absolute Gasteiger partial charge is 0.176 e. The molecule has 2 fully saturated rings. The number of piperidine rings is 1. The second-order valence-corrected chi connectivity index (χ2v) is 11.1. The minimum absolute atomic E-state index is 0.161. The number of hydroxylamine groups is 1. The van der Waals surface area contributed by atoms with Gasteiger partial charge in [0.05, 0.1) is 17.6 Å². The van der Waals surface area contributed by atoms with Crippen molar-refractivity contribution in [3.05, 3.63) is 137 Å². The van der Waals surface area contributed by atoms with E-state index >= 15 is 0 Å². The summed E-state index contributed by atoms with van der Waals surface area (Å²) in [4.78, 5) is 23.7. The molecule has 0 radical (unpaired) electrons. The predicted molar refractivity (Wildman–Crippen MR) is 157 cm³/mol. The van der Waals surface area contributed by atoms with Crippen molar-refractivity contribution in [1.82, 2.24) is 4.90 Å². The van der Waals surface area contributed by atoms with Crippen LogP contribution in [0.4, 0.5) is 5.69 Å². The molecule has 39 heavy (non-hydrogen) atoms. The Balaban J connectivity index is 1.51. The lowest BCUT2D eigenvalue weighted by Crippen LogP contribution is -2.58. The number of ketones is 1. The number of aryl methyl sites for hydroxylation is 2. The van der Waals surface area contributed by atoms with E-state index in [-0.39, 0.29) is 23.8 Å². The normalized spacial score (nSPS) is 24.3. The summed E-state index contributed by atoms with van der Waals surface area (Å²) in [5.74, 6) is -0.000542. The Morgan fingerprint density at radius 3 is 1.95 bits per heavy atom. The van der Waals surface area contributed by atoms with E-state index in [1.807, 2.05) is 23.3 Å². The molecule has 198 valence electrons. The van der Waals surface area contributed by atoms with Gasteiger partial charge in [0.25, 0.3) is 0 Å². The lowest BCUT2D eigenvalue weighted by Gasteiger charge is -2.43. The van der Waals surface area contributed by atoms with Crippen molar-refractivity contribution in [2.24, 2.45) is 0 Å². The average molecular weight is 517 g/mol. The molecule has 4 atom stereocenters. The van der Waals surface area contributed by atoms with Gasteiger partial charge in [0, 0.05) is 25.6 Å². The van der Waals surface area contributed by atoms with Gasteiger partial charge < -0.3 is 0 Å². The van der Waals surface area contributed by atoms with Crippen LogP contribution in [0.3, 0.4) is 0 Å². The molecule has 0 amide bonds. The number of rotatable bonds is 5. The van der Waals surface area contributed by atoms with E-state index in [0.29, 0.717) is 13.0 Å². The van der Waals surface area contributed by atoms with Crippen molar-refractivity contribution < 1.29 is 9.63 Å². The van der Waals surface area contributed by atoms with E-state index in [9.17, 15) is 4.79 Å². The van der Waals surface area contributed by atoms with Crippen molar-refractivity contribution in [3.63, 3.8) is 0 Å². The zero-order chi connectivity index (χ0) is 27.0. The maximum atomic E-state index is 14.2. The lowest BCUT2D eigenvalue weighted by atomic mass is 9.71. The molecule has 2 heterocycles. The summed E-state index contributed by atoms with van der Waals surface area (Å²) in [5.41, 5.74) is 5.89. The van der Waals surface area contributed by atoms with Gasteiger partial charge in [-0.3, -0.25) is 14.5 Å². The van der Waals surface area contributed by atoms with Gasteiger partial charge in [-0.05, 0) is 49.6 Å². The summed E-state index contributed by atoms with van der Waals surface area (Å²) < 4.78 is 0. The topological polar surface area (TPSA) is 32.8 Å². The summed E-state index contributed by atoms with van der Waals surface area (Å²) in [6.45, 7) is 7.71. The van der Waals surface area contributed by atoms with Crippen molar-refractivity contribution >= 4 is 11.5 Å². The van der Waals surface area contributed by atoms with Crippen LogP contribution in [0.5, 0.6) is 0 Å². The molecule has 4 aromatic rings. The second-order valence-electron chi connectivity index (χ2n) is 11.1. The van der Waals surface area contributed by atoms with E-state index in [1.54, 1.807) is 0 Å². The van der Waals surface area contributed by atoms with Crippen LogP contribution in [-0.4, -0.2) is 29.4 Å². The molecule has 4 aromatic carbocycles. The summed E-state index contributed by atoms with van der Waals surface area (Å²) in [6, 6.07) is 38.2. The first-order valence-corrected chi connectivity index (χ1v) is 13.9. The maximum absolute atomic E-state index is 14.2. The molecule has 2 unspecified atom stereocenters. The third-order valence-electron chi connectivity index (χ3n) is 8.56. The van der Waals surface area contributed by atoms with Crippen LogP contribution < -0.4 is 5.06 Å². The first-order chi connectivity index (χ1) is 19.0. The molecule has 0 aliphatic carbocycles. The number of anilines is 1. The van der Waals surface area contributed by atoms with Gasteiger partial charge in [0.15, 0.2) is 11.4 Å². The standard InChI is InChI=1S/C35H36N2O2/c1-25-14-18-29(19-15-25)33-34(30-20-16-26(2)17-21-30)37(31-12-8-5-9-13-31)39-35(33)24-36(23-22-32(35)38)27(3)28-10-6-4-7-11-28/h4-21,27,33-34H,22-24H2,1-3H3/t27?,33-,34-,35?/m0/s1. The SMILES string of the molecule is Cc1ccc([C@H]2[C@H](c3ccc(C)cc3)C3(CN(C(C)c4ccccc4)CCC3=O)ON2c2ccccc2)cc1. The van der Waals surface area contributed by atoms with Crippen LogP contribution in [0.1, 0.15) is 59.2 Å². The Morgan fingerprint density at radius 1 is 0.769 bits per heavy atom. The highest BCUT2D eigenvalue weighted by Crippen LogP contribution is 2.55. The van der Waals surface area contributed by atoms with E-state index in [2.05, 4.69) is 117 Å². The van der Waals surface area contributed by atoms with E-state index in [0.717, 1.165) is 23.4 Å². The highest BCUT2D eigenvalue weighted by atomic mass is 16.7. The third-order valence-corrected chi connectivity index (χ3v) is 8.56. The van der Waals surface area contributed by atoms with Gasteiger partial charge in [0.2, 0.25) is 0 Å². The zero-order valence-electron chi connectivity index (χ0n) is 23.0. The molecular weight excluding hydrogens is 480 g/mol. The number of likely N-dealkylation sites (tertiary alicyclic amines) is 1. The number of benzene rings is 4. The highest BCUT2D eigenvalue weighted by Gasteiger charge is 2.61. The number of carbonyl (C=O) groups is 1. The van der Waals surface area contributed by atoms with Crippen molar-refractivity contribution in [3.8, 4) is 0 Å². The van der Waals surface area contributed by atoms with E-state index in [4.69, 9.17) is 4.84 Å². The second kappa shape index (κ2) is 10.4. The summed E-state index contributed by atoms with van der Waals surface area (Å²) in [6.07, 6.45) is 0.461. The van der Waals surface area contributed by atoms with Crippen LogP contribution in [-0.2, 0) is 9.63 Å². The zero-order valence-corrected chi connectivity index (χ0v) is 23.0. The third kappa shape index (κ3) is 4.69. The lowest BCUT2D eigenvalue weighted by molar-refractivity contribution is -0.151. The van der Waals surface area contributed by atoms with E-state index in [1.165, 1.54) is 16.7 Å². The quantitative estimate of drug-likeness (QED) is 0.278. The largest absolute Gasteiger partial charge is 0.296 e. The minimum Gasteiger partial charge on any atom is -0.296 e. The van der Waals surface area contributed by atoms with Crippen LogP contribution in [0, 0.1) is 13.8 Å². The summed E-state index contributed by atoms with van der Waals surface area (Å²) in [7, 11) is 0. The average Bonchev–Trinajstić information content (AvgIpc) is 3.31. The molecule has 0 saturated carbocycles. The fraction of sp³-hybridized carbons (Fsp3) is 0.286. The highest BCUT2D eigenvalue weighted by molar-refractivity contribution is 5.91. The number of carbonyl (C=O) groups excluding carboxylic acids is 1. The van der Waals surface area contributed by atoms with Crippen LogP contribution in [0.25, 0.3) is 0 Å². The molecule has 0 N–H and O–H groups in total. The van der Waals surface area contributed by atoms with Gasteiger partial charge in [-0.1, -0.05) is 108 Å². The molecule has 0 bridgehead atoms. The first kappa shape index (κ1) is 25.5. The van der Waals surface area contributed by atoms with Crippen molar-refractivity contribution in [2.75, 3.05) is 18.2 Å². The molecule has 2 aliphatic heterocycles. The van der Waals surface area contributed by atoms with Gasteiger partial charge in [-0.25, -0.2) is 5.06 Å². The molecule has 0 aromatic heterocycles. The molecule has 2 aliphatic rings.